The molecule has 0 aromatic rings. The van der Waals surface area contributed by atoms with Crippen molar-refractivity contribution in [1.82, 2.24) is 0 Å². The zero-order valence-electron chi connectivity index (χ0n) is 7.41. The fraction of sp³-hybridized carbons (Fsp3) is 0.200. The fourth-order valence-electron chi connectivity index (χ4n) is 1.35. The summed E-state index contributed by atoms with van der Waals surface area (Å²) in [6.45, 7) is 3.37. The van der Waals surface area contributed by atoms with Crippen LogP contribution < -0.4 is 0 Å². The SMILES string of the molecule is C=C1CC2=CC=C1C(=O)OCOC2=O. The monoisotopic (exact) mass is 192 g/mol. The van der Waals surface area contributed by atoms with Crippen LogP contribution in [0.1, 0.15) is 6.42 Å². The number of fused-ring (bicyclic) bond motifs is 6. The van der Waals surface area contributed by atoms with Gasteiger partial charge in [-0.15, -0.1) is 0 Å². The molecular weight excluding hydrogens is 184 g/mol. The molecule has 2 heterocycles. The Bertz CT molecular complexity index is 387. The molecule has 0 radical (unpaired) electrons. The summed E-state index contributed by atoms with van der Waals surface area (Å²) in [6.07, 6.45) is 3.45. The Labute approximate surface area is 80.5 Å². The summed E-state index contributed by atoms with van der Waals surface area (Å²) in [7, 11) is 0. The van der Waals surface area contributed by atoms with Gasteiger partial charge >= 0.3 is 11.9 Å². The Morgan fingerprint density at radius 2 is 1.86 bits per heavy atom. The van der Waals surface area contributed by atoms with Crippen LogP contribution in [0.4, 0.5) is 0 Å². The molecule has 72 valence electrons. The van der Waals surface area contributed by atoms with E-state index in [2.05, 4.69) is 16.1 Å². The molecule has 0 atom stereocenters. The zero-order valence-corrected chi connectivity index (χ0v) is 7.41. The van der Waals surface area contributed by atoms with E-state index in [0.29, 0.717) is 23.1 Å². The molecule has 0 spiro atoms. The van der Waals surface area contributed by atoms with Crippen molar-refractivity contribution in [3.05, 3.63) is 35.5 Å². The number of hydrogen-bond acceptors (Lipinski definition) is 4. The van der Waals surface area contributed by atoms with Crippen molar-refractivity contribution in [3.63, 3.8) is 0 Å². The van der Waals surface area contributed by atoms with Gasteiger partial charge in [-0.05, 0) is 11.6 Å². The standard InChI is InChI=1S/C10H8O4/c1-6-4-7-2-3-8(6)10(12)14-5-13-9(7)11/h2-3H,1,4-5H2. The molecule has 0 N–H and O–H groups in total. The van der Waals surface area contributed by atoms with Gasteiger partial charge < -0.3 is 9.47 Å². The normalized spacial score (nSPS) is 21.3. The van der Waals surface area contributed by atoms with Gasteiger partial charge in [-0.2, -0.15) is 0 Å². The van der Waals surface area contributed by atoms with Gasteiger partial charge in [0.15, 0.2) is 0 Å². The third-order valence-electron chi connectivity index (χ3n) is 2.10. The van der Waals surface area contributed by atoms with Crippen LogP contribution in [-0.4, -0.2) is 18.7 Å². The highest BCUT2D eigenvalue weighted by Crippen LogP contribution is 2.26. The minimum Gasteiger partial charge on any atom is -0.424 e. The lowest BCUT2D eigenvalue weighted by atomic mass is 9.94. The highest BCUT2D eigenvalue weighted by atomic mass is 16.7. The van der Waals surface area contributed by atoms with Gasteiger partial charge in [0, 0.05) is 12.0 Å². The van der Waals surface area contributed by atoms with E-state index in [1.807, 2.05) is 0 Å². The van der Waals surface area contributed by atoms with Crippen molar-refractivity contribution < 1.29 is 19.1 Å². The van der Waals surface area contributed by atoms with Crippen LogP contribution in [0, 0.1) is 0 Å². The van der Waals surface area contributed by atoms with Crippen molar-refractivity contribution in [2.75, 3.05) is 6.79 Å². The maximum Gasteiger partial charge on any atom is 0.341 e. The Kier molecular flexibility index (Phi) is 1.96. The Balaban J connectivity index is 2.42. The first-order valence-electron chi connectivity index (χ1n) is 4.12. The second kappa shape index (κ2) is 3.14. The molecule has 2 aliphatic heterocycles. The molecule has 0 aromatic heterocycles. The van der Waals surface area contributed by atoms with Gasteiger partial charge in [-0.1, -0.05) is 12.7 Å². The first kappa shape index (κ1) is 8.74. The van der Waals surface area contributed by atoms with Crippen LogP contribution in [0.3, 0.4) is 0 Å². The van der Waals surface area contributed by atoms with E-state index >= 15 is 0 Å². The summed E-state index contributed by atoms with van der Waals surface area (Å²) in [5.74, 6) is -0.962. The van der Waals surface area contributed by atoms with E-state index in [-0.39, 0.29) is 6.79 Å². The molecule has 0 amide bonds. The lowest BCUT2D eigenvalue weighted by Crippen LogP contribution is -2.11. The topological polar surface area (TPSA) is 52.6 Å². The van der Waals surface area contributed by atoms with Gasteiger partial charge in [0.25, 0.3) is 0 Å². The average Bonchev–Trinajstić information content (AvgIpc) is 2.24. The summed E-state index contributed by atoms with van der Waals surface area (Å²) in [5, 5.41) is 0. The van der Waals surface area contributed by atoms with Crippen LogP contribution in [0.5, 0.6) is 0 Å². The Hall–Kier alpha value is -1.84. The number of hydrogen-bond donors (Lipinski definition) is 0. The van der Waals surface area contributed by atoms with E-state index < -0.39 is 11.9 Å². The van der Waals surface area contributed by atoms with Crippen molar-refractivity contribution in [2.24, 2.45) is 0 Å². The predicted molar refractivity (Wildman–Crippen MR) is 47.0 cm³/mol. The lowest BCUT2D eigenvalue weighted by molar-refractivity contribution is -0.161. The van der Waals surface area contributed by atoms with Crippen LogP contribution in [-0.2, 0) is 19.1 Å². The van der Waals surface area contributed by atoms with Gasteiger partial charge in [0.2, 0.25) is 6.79 Å². The molecule has 14 heavy (non-hydrogen) atoms. The van der Waals surface area contributed by atoms with Crippen LogP contribution in [0.2, 0.25) is 0 Å². The van der Waals surface area contributed by atoms with E-state index in [1.165, 1.54) is 6.08 Å². The van der Waals surface area contributed by atoms with E-state index in [1.54, 1.807) is 6.08 Å². The van der Waals surface area contributed by atoms with Gasteiger partial charge in [-0.3, -0.25) is 0 Å². The zero-order chi connectivity index (χ0) is 10.1. The smallest absolute Gasteiger partial charge is 0.341 e. The maximum atomic E-state index is 11.3. The molecule has 1 saturated heterocycles. The first-order valence-corrected chi connectivity index (χ1v) is 4.12. The Morgan fingerprint density at radius 3 is 2.57 bits per heavy atom. The number of rotatable bonds is 0. The average molecular weight is 192 g/mol. The highest BCUT2D eigenvalue weighted by Gasteiger charge is 2.24. The van der Waals surface area contributed by atoms with Crippen molar-refractivity contribution in [1.29, 1.82) is 0 Å². The van der Waals surface area contributed by atoms with Gasteiger partial charge in [-0.25, -0.2) is 9.59 Å². The molecule has 1 fully saturated rings. The van der Waals surface area contributed by atoms with Gasteiger partial charge in [0.1, 0.15) is 0 Å². The van der Waals surface area contributed by atoms with Crippen LogP contribution in [0.15, 0.2) is 35.5 Å². The van der Waals surface area contributed by atoms with Crippen molar-refractivity contribution in [3.8, 4) is 0 Å². The highest BCUT2D eigenvalue weighted by molar-refractivity contribution is 5.98. The van der Waals surface area contributed by atoms with Crippen molar-refractivity contribution >= 4 is 11.9 Å². The predicted octanol–water partition coefficient (Wildman–Crippen LogP) is 0.857. The molecule has 2 bridgehead atoms. The van der Waals surface area contributed by atoms with E-state index in [4.69, 9.17) is 0 Å². The van der Waals surface area contributed by atoms with Crippen molar-refractivity contribution in [2.45, 2.75) is 6.42 Å². The molecule has 0 aromatic carbocycles. The lowest BCUT2D eigenvalue weighted by Gasteiger charge is -2.10. The molecule has 3 rings (SSSR count). The second-order valence-corrected chi connectivity index (χ2v) is 3.03. The van der Waals surface area contributed by atoms with Crippen LogP contribution >= 0.6 is 0 Å². The first-order chi connectivity index (χ1) is 6.68. The summed E-state index contributed by atoms with van der Waals surface area (Å²) < 4.78 is 9.38. The quantitative estimate of drug-likeness (QED) is 0.534. The molecule has 0 unspecified atom stereocenters. The summed E-state index contributed by atoms with van der Waals surface area (Å²) in [6, 6.07) is 0. The number of esters is 2. The molecule has 4 heteroatoms. The largest absolute Gasteiger partial charge is 0.424 e. The summed E-state index contributed by atoms with van der Waals surface area (Å²) in [4.78, 5) is 22.6. The fourth-order valence-corrected chi connectivity index (χ4v) is 1.35. The van der Waals surface area contributed by atoms with E-state index in [0.717, 1.165) is 0 Å². The minimum absolute atomic E-state index is 0.334. The molecular formula is C10H8O4. The van der Waals surface area contributed by atoms with Crippen LogP contribution in [0.25, 0.3) is 0 Å². The Morgan fingerprint density at radius 1 is 1.14 bits per heavy atom. The molecule has 4 nitrogen and oxygen atoms in total. The number of carbonyl (C=O) groups excluding carboxylic acids is 2. The number of carbonyl (C=O) groups is 2. The summed E-state index contributed by atoms with van der Waals surface area (Å²) in [5.41, 5.74) is 1.50. The summed E-state index contributed by atoms with van der Waals surface area (Å²) >= 11 is 0. The number of allylic oxidation sites excluding steroid dienone is 2. The molecule has 3 aliphatic rings. The van der Waals surface area contributed by atoms with E-state index in [9.17, 15) is 9.59 Å². The third kappa shape index (κ3) is 1.35. The molecule has 0 saturated carbocycles. The second-order valence-electron chi connectivity index (χ2n) is 3.03. The van der Waals surface area contributed by atoms with Gasteiger partial charge in [0.05, 0.1) is 5.57 Å². The minimum atomic E-state index is -0.500. The maximum absolute atomic E-state index is 11.3. The number of ether oxygens (including phenoxy) is 2. The molecule has 1 aliphatic carbocycles. The third-order valence-corrected chi connectivity index (χ3v) is 2.10.